The SMILES string of the molecule is CN(C)CCCl.CN(C)CCN1CCOc2ccc(N)cc21.CN(C)CCN1CCOc2ccc(N=C(N)c3cccs3)cc21.CN(C)CCN1CCOc2ccc(N=C(N)c3cccs3)cc21.CN(C)CCN1CCOc2ccc([N+](=O)[O-])cc21.Cl.O=[N+]([O-])c1ccc2c(c1)NCCO2.[H-].[Na+]. The van der Waals surface area contributed by atoms with Gasteiger partial charge in [-0.3, -0.25) is 20.2 Å². The van der Waals surface area contributed by atoms with Crippen molar-refractivity contribution in [1.29, 1.82) is 0 Å². The molecule has 7 aromatic rings. The minimum Gasteiger partial charge on any atom is -1.00 e. The van der Waals surface area contributed by atoms with Crippen molar-refractivity contribution in [2.75, 3.05) is 232 Å². The average Bonchev–Trinajstić information content (AvgIpc) is 0.992. The van der Waals surface area contributed by atoms with Crippen LogP contribution in [0.4, 0.5) is 56.9 Å². The number of nitrogen functional groups attached to an aromatic ring is 1. The van der Waals surface area contributed by atoms with E-state index in [0.29, 0.717) is 42.9 Å². The number of benzene rings is 5. The Bertz CT molecular complexity index is 3600. The number of likely N-dealkylation sites (N-methyl/N-ethyl adjacent to an activating group) is 4. The maximum absolute atomic E-state index is 10.8. The van der Waals surface area contributed by atoms with Crippen LogP contribution >= 0.6 is 46.7 Å². The molecule has 0 saturated carbocycles. The molecule has 0 aliphatic carbocycles. The molecule has 0 radical (unpaired) electrons. The number of aliphatic imine (C=N–C) groups is 2. The van der Waals surface area contributed by atoms with E-state index in [4.69, 9.17) is 52.5 Å². The van der Waals surface area contributed by atoms with E-state index in [-0.39, 0.29) is 59.7 Å². The predicted molar refractivity (Wildman–Crippen MR) is 416 cm³/mol. The van der Waals surface area contributed by atoms with Gasteiger partial charge in [0.15, 0.2) is 0 Å². The molecule has 5 aliphatic heterocycles. The summed E-state index contributed by atoms with van der Waals surface area (Å²) in [7, 11) is 20.5. The Morgan fingerprint density at radius 1 is 0.505 bits per heavy atom. The number of thiophene rings is 2. The zero-order valence-electron chi connectivity index (χ0n) is 61.1. The standard InChI is InChI=1S/2C17H22N4OS.C12H17N3O3.C12H19N3O.C8H8N2O3.C4H10ClN.ClH.Na.H/c2*1-20(2)7-8-21-9-10-22-15-6-5-13(12-14(15)21)19-17(18)16-4-3-11-23-16;1-13(2)5-6-14-7-8-18-12-4-3-10(15(16)17)9-11(12)14;1-14(2)5-6-15-7-8-16-12-4-3-10(13)9-11(12)15;11-10(12)6-1-2-8-7(5-6)9-3-4-13-8;1-6(2)4-3-5;;;/h2*3-6,11-12H,7-10H2,1-2H3,(H2,18,19);3-4,9H,5-8H2,1-2H3;3-4,9H,5-8,13H2,1-2H3;1-2,5,9H,3-4H2;3-4H2,1-2H3;1H;;/q;;;;;;;+1;-1. The van der Waals surface area contributed by atoms with Crippen LogP contribution in [0.1, 0.15) is 11.2 Å². The molecule has 5 aromatic carbocycles. The number of nitrogens with one attached hydrogen (secondary N) is 1. The third kappa shape index (κ3) is 27.6. The fourth-order valence-electron chi connectivity index (χ4n) is 10.2. The molecular weight excluding hydrogens is 1380 g/mol. The van der Waals surface area contributed by atoms with E-state index in [1.807, 2.05) is 111 Å². The van der Waals surface area contributed by atoms with Crippen molar-refractivity contribution in [3.8, 4) is 28.7 Å². The summed E-state index contributed by atoms with van der Waals surface area (Å²) in [6, 6.07) is 35.0. The van der Waals surface area contributed by atoms with Crippen LogP contribution in [0.25, 0.3) is 0 Å². The van der Waals surface area contributed by atoms with Gasteiger partial charge < -0.3 is 91.7 Å². The summed E-state index contributed by atoms with van der Waals surface area (Å²) in [5, 5.41) is 28.3. The van der Waals surface area contributed by atoms with Gasteiger partial charge in [-0.25, -0.2) is 9.98 Å². The van der Waals surface area contributed by atoms with Crippen molar-refractivity contribution < 1.29 is 64.5 Å². The summed E-state index contributed by atoms with van der Waals surface area (Å²) in [5.74, 6) is 6.02. The third-order valence-corrected chi connectivity index (χ3v) is 17.5. The molecule has 0 amide bonds. The van der Waals surface area contributed by atoms with Crippen molar-refractivity contribution in [1.82, 2.24) is 24.5 Å². The zero-order chi connectivity index (χ0) is 71.4. The molecule has 0 saturated heterocycles. The molecule has 5 aliphatic rings. The average molecular weight is 1480 g/mol. The quantitative estimate of drug-likeness (QED) is 0.0112. The van der Waals surface area contributed by atoms with Crippen molar-refractivity contribution in [2.24, 2.45) is 21.5 Å². The van der Waals surface area contributed by atoms with Gasteiger partial charge in [-0.2, -0.15) is 0 Å². The fraction of sp³-hybridized carbons (Fsp3) is 0.429. The second-order valence-electron chi connectivity index (χ2n) is 24.6. The molecule has 7 N–H and O–H groups in total. The number of rotatable bonds is 20. The van der Waals surface area contributed by atoms with Crippen LogP contribution in [-0.4, -0.2) is 247 Å². The first-order chi connectivity index (χ1) is 47.5. The van der Waals surface area contributed by atoms with Crippen LogP contribution in [0.3, 0.4) is 0 Å². The second-order valence-corrected chi connectivity index (χ2v) is 26.9. The third-order valence-electron chi connectivity index (χ3n) is 15.6. The van der Waals surface area contributed by atoms with Gasteiger partial charge >= 0.3 is 29.6 Å². The van der Waals surface area contributed by atoms with Gasteiger partial charge in [-0.05, 0) is 160 Å². The molecule has 0 atom stereocenters. The van der Waals surface area contributed by atoms with Crippen molar-refractivity contribution in [3.63, 3.8) is 0 Å². The predicted octanol–water partition coefficient (Wildman–Crippen LogP) is 7.20. The number of nitrogens with zero attached hydrogens (tertiary/aromatic N) is 13. The molecule has 0 fully saturated rings. The summed E-state index contributed by atoms with van der Waals surface area (Å²) in [4.78, 5) is 51.4. The number of hydrogen-bond donors (Lipinski definition) is 4. The minimum absolute atomic E-state index is 0. The molecule has 0 unspecified atom stereocenters. The largest absolute Gasteiger partial charge is 1.00 e. The number of fused-ring (bicyclic) bond motifs is 5. The first-order valence-corrected chi connectivity index (χ1v) is 35.0. The fourth-order valence-corrected chi connectivity index (χ4v) is 11.8. The Balaban J connectivity index is 0.000000266. The summed E-state index contributed by atoms with van der Waals surface area (Å²) in [5.41, 5.74) is 25.5. The molecule has 7 heterocycles. The maximum atomic E-state index is 10.8. The van der Waals surface area contributed by atoms with Gasteiger partial charge in [0, 0.05) is 101 Å². The van der Waals surface area contributed by atoms with E-state index in [1.165, 1.54) is 18.2 Å². The zero-order valence-corrected chi connectivity index (χ0v) is 65.3. The first-order valence-electron chi connectivity index (χ1n) is 32.7. The van der Waals surface area contributed by atoms with E-state index in [2.05, 4.69) is 109 Å². The monoisotopic (exact) mass is 1480 g/mol. The summed E-state index contributed by atoms with van der Waals surface area (Å²) in [6.45, 7) is 16.3. The number of anilines is 6. The van der Waals surface area contributed by atoms with Crippen LogP contribution in [0.2, 0.25) is 0 Å². The molecule has 0 bridgehead atoms. The van der Waals surface area contributed by atoms with E-state index >= 15 is 0 Å². The molecule has 12 rings (SSSR count). The Morgan fingerprint density at radius 2 is 0.851 bits per heavy atom. The number of nitro groups is 2. The molecular formula is C70H100Cl2N17NaO9S2. The Labute approximate surface area is 637 Å². The molecule has 26 nitrogen and oxygen atoms in total. The van der Waals surface area contributed by atoms with Crippen LogP contribution in [0, 0.1) is 20.2 Å². The Kier molecular flexibility index (Phi) is 36.1. The molecule has 0 spiro atoms. The van der Waals surface area contributed by atoms with E-state index in [0.717, 1.165) is 183 Å². The molecule has 2 aromatic heterocycles. The normalized spacial score (nSPS) is 14.0. The molecule has 31 heteroatoms. The number of ether oxygens (including phenoxy) is 5. The van der Waals surface area contributed by atoms with Crippen LogP contribution < -0.4 is 95.4 Å². The maximum Gasteiger partial charge on any atom is 1.00 e. The van der Waals surface area contributed by atoms with Gasteiger partial charge in [0.25, 0.3) is 11.4 Å². The smallest absolute Gasteiger partial charge is 1.00 e. The van der Waals surface area contributed by atoms with E-state index < -0.39 is 4.92 Å². The van der Waals surface area contributed by atoms with E-state index in [9.17, 15) is 20.2 Å². The number of non-ortho nitro benzene ring substituents is 2. The molecule has 101 heavy (non-hydrogen) atoms. The van der Waals surface area contributed by atoms with Gasteiger partial charge in [0.1, 0.15) is 73.5 Å². The number of alkyl halides is 1. The van der Waals surface area contributed by atoms with Gasteiger partial charge in [0.05, 0.1) is 85.6 Å². The Morgan fingerprint density at radius 3 is 1.21 bits per heavy atom. The van der Waals surface area contributed by atoms with Crippen molar-refractivity contribution in [2.45, 2.75) is 0 Å². The second kappa shape index (κ2) is 43.4. The summed E-state index contributed by atoms with van der Waals surface area (Å²) >= 11 is 8.54. The van der Waals surface area contributed by atoms with Gasteiger partial charge in [-0.15, -0.1) is 46.7 Å². The Hall–Kier alpha value is -7.58. The topological polar surface area (TPSA) is 276 Å². The summed E-state index contributed by atoms with van der Waals surface area (Å²) in [6.07, 6.45) is 0. The number of nitrogens with two attached hydrogens (primary N) is 3. The van der Waals surface area contributed by atoms with Crippen molar-refractivity contribution in [3.05, 3.63) is 156 Å². The van der Waals surface area contributed by atoms with Crippen LogP contribution in [-0.2, 0) is 0 Å². The van der Waals surface area contributed by atoms with Crippen LogP contribution in [0.15, 0.2) is 136 Å². The van der Waals surface area contributed by atoms with E-state index in [1.54, 1.807) is 40.9 Å². The van der Waals surface area contributed by atoms with Gasteiger partial charge in [-0.1, -0.05) is 12.1 Å². The first kappa shape index (κ1) is 84.1. The summed E-state index contributed by atoms with van der Waals surface area (Å²) < 4.78 is 27.9. The van der Waals surface area contributed by atoms with Gasteiger partial charge in [0.2, 0.25) is 0 Å². The number of halogens is 2. The van der Waals surface area contributed by atoms with Crippen LogP contribution in [0.5, 0.6) is 28.7 Å². The number of hydrogen-bond acceptors (Lipinski definition) is 24. The number of amidine groups is 2. The minimum atomic E-state index is -0.420. The number of nitro benzene ring substituents is 2. The van der Waals surface area contributed by atoms with Crippen molar-refractivity contribution >= 4 is 115 Å². The molecule has 546 valence electrons.